The molecule has 26 heavy (non-hydrogen) atoms. The first-order valence-corrected chi connectivity index (χ1v) is 9.06. The fraction of sp³-hybridized carbons (Fsp3) is 0.526. The number of carboxylic acids is 1. The van der Waals surface area contributed by atoms with Crippen molar-refractivity contribution in [2.24, 2.45) is 0 Å². The van der Waals surface area contributed by atoms with E-state index in [1.807, 2.05) is 6.92 Å². The van der Waals surface area contributed by atoms with Crippen molar-refractivity contribution in [1.82, 2.24) is 5.32 Å². The molecule has 0 spiro atoms. The quantitative estimate of drug-likeness (QED) is 0.626. The number of hydrogen-bond acceptors (Lipinski definition) is 4. The van der Waals surface area contributed by atoms with Crippen LogP contribution in [0.25, 0.3) is 0 Å². The standard InChI is InChI=1S/C19H26N2O5/c1-2-16(26-15-5-3-4-6-15)19(25)21-14-9-7-13(8-10-14)18(24)20-12-11-17(22)23/h7-10,15-16H,2-6,11-12H2,1H3,(H,20,24)(H,21,25)(H,22,23). The summed E-state index contributed by atoms with van der Waals surface area (Å²) in [4.78, 5) is 34.7. The highest BCUT2D eigenvalue weighted by atomic mass is 16.5. The van der Waals surface area contributed by atoms with Crippen molar-refractivity contribution >= 4 is 23.5 Å². The third-order valence-electron chi connectivity index (χ3n) is 4.36. The molecule has 1 fully saturated rings. The summed E-state index contributed by atoms with van der Waals surface area (Å²) >= 11 is 0. The maximum Gasteiger partial charge on any atom is 0.305 e. The topological polar surface area (TPSA) is 105 Å². The Bertz CT molecular complexity index is 623. The monoisotopic (exact) mass is 362 g/mol. The van der Waals surface area contributed by atoms with E-state index in [0.717, 1.165) is 25.7 Å². The number of nitrogens with one attached hydrogen (secondary N) is 2. The Labute approximate surface area is 153 Å². The molecule has 7 nitrogen and oxygen atoms in total. The predicted molar refractivity (Wildman–Crippen MR) is 97.1 cm³/mol. The smallest absolute Gasteiger partial charge is 0.305 e. The number of hydrogen-bond donors (Lipinski definition) is 3. The van der Waals surface area contributed by atoms with E-state index >= 15 is 0 Å². The molecule has 7 heteroatoms. The molecule has 1 atom stereocenters. The molecule has 0 saturated heterocycles. The number of rotatable bonds is 9. The Morgan fingerprint density at radius 3 is 2.42 bits per heavy atom. The molecule has 0 bridgehead atoms. The molecule has 0 heterocycles. The van der Waals surface area contributed by atoms with Gasteiger partial charge in [-0.15, -0.1) is 0 Å². The lowest BCUT2D eigenvalue weighted by atomic mass is 10.1. The molecule has 0 aliphatic heterocycles. The summed E-state index contributed by atoms with van der Waals surface area (Å²) in [5.41, 5.74) is 0.994. The number of amides is 2. The predicted octanol–water partition coefficient (Wildman–Crippen LogP) is 2.57. The van der Waals surface area contributed by atoms with Gasteiger partial charge in [-0.05, 0) is 43.5 Å². The van der Waals surface area contributed by atoms with Crippen LogP contribution in [0.2, 0.25) is 0 Å². The zero-order chi connectivity index (χ0) is 18.9. The largest absolute Gasteiger partial charge is 0.481 e. The van der Waals surface area contributed by atoms with Gasteiger partial charge in [-0.25, -0.2) is 0 Å². The minimum Gasteiger partial charge on any atom is -0.481 e. The molecule has 0 radical (unpaired) electrons. The van der Waals surface area contributed by atoms with Crippen molar-refractivity contribution in [3.8, 4) is 0 Å². The van der Waals surface area contributed by atoms with Gasteiger partial charge in [0, 0.05) is 17.8 Å². The van der Waals surface area contributed by atoms with Crippen LogP contribution in [0, 0.1) is 0 Å². The van der Waals surface area contributed by atoms with Crippen LogP contribution >= 0.6 is 0 Å². The minimum atomic E-state index is -0.964. The van der Waals surface area contributed by atoms with Gasteiger partial charge in [-0.2, -0.15) is 0 Å². The fourth-order valence-corrected chi connectivity index (χ4v) is 2.91. The summed E-state index contributed by atoms with van der Waals surface area (Å²) in [5.74, 6) is -1.49. The molecule has 2 amide bonds. The number of aliphatic carboxylic acids is 1. The van der Waals surface area contributed by atoms with Gasteiger partial charge in [0.05, 0.1) is 12.5 Å². The van der Waals surface area contributed by atoms with E-state index in [0.29, 0.717) is 17.7 Å². The van der Waals surface area contributed by atoms with Crippen molar-refractivity contribution in [3.05, 3.63) is 29.8 Å². The fourth-order valence-electron chi connectivity index (χ4n) is 2.91. The molecule has 1 unspecified atom stereocenters. The molecule has 1 aliphatic carbocycles. The van der Waals surface area contributed by atoms with Crippen molar-refractivity contribution in [2.45, 2.75) is 57.7 Å². The molecule has 1 saturated carbocycles. The molecule has 0 aromatic heterocycles. The molecule has 2 rings (SSSR count). The van der Waals surface area contributed by atoms with E-state index in [2.05, 4.69) is 10.6 Å². The molecule has 3 N–H and O–H groups in total. The van der Waals surface area contributed by atoms with Crippen LogP contribution in [0.15, 0.2) is 24.3 Å². The maximum atomic E-state index is 12.4. The van der Waals surface area contributed by atoms with E-state index in [1.165, 1.54) is 0 Å². The number of benzene rings is 1. The van der Waals surface area contributed by atoms with Crippen LogP contribution in [0.5, 0.6) is 0 Å². The van der Waals surface area contributed by atoms with Crippen molar-refractivity contribution in [3.63, 3.8) is 0 Å². The highest BCUT2D eigenvalue weighted by molar-refractivity contribution is 5.97. The zero-order valence-electron chi connectivity index (χ0n) is 15.0. The Kier molecular flexibility index (Phi) is 7.59. The Hall–Kier alpha value is -2.41. The summed E-state index contributed by atoms with van der Waals surface area (Å²) in [6.07, 6.45) is 4.49. The van der Waals surface area contributed by atoms with E-state index in [4.69, 9.17) is 9.84 Å². The maximum absolute atomic E-state index is 12.4. The lowest BCUT2D eigenvalue weighted by Crippen LogP contribution is -2.32. The summed E-state index contributed by atoms with van der Waals surface area (Å²) in [7, 11) is 0. The van der Waals surface area contributed by atoms with Crippen molar-refractivity contribution < 1.29 is 24.2 Å². The van der Waals surface area contributed by atoms with Crippen LogP contribution in [0.1, 0.15) is 55.8 Å². The second kappa shape index (κ2) is 9.91. The Morgan fingerprint density at radius 1 is 1.19 bits per heavy atom. The van der Waals surface area contributed by atoms with Gasteiger partial charge >= 0.3 is 5.97 Å². The summed E-state index contributed by atoms with van der Waals surface area (Å²) in [6.45, 7) is 1.99. The zero-order valence-corrected chi connectivity index (χ0v) is 15.0. The van der Waals surface area contributed by atoms with E-state index in [1.54, 1.807) is 24.3 Å². The van der Waals surface area contributed by atoms with Crippen LogP contribution in [0.4, 0.5) is 5.69 Å². The number of carbonyl (C=O) groups is 3. The lowest BCUT2D eigenvalue weighted by Gasteiger charge is -2.20. The van der Waals surface area contributed by atoms with E-state index in [9.17, 15) is 14.4 Å². The van der Waals surface area contributed by atoms with Gasteiger partial charge in [-0.3, -0.25) is 14.4 Å². The van der Waals surface area contributed by atoms with Crippen molar-refractivity contribution in [2.75, 3.05) is 11.9 Å². The van der Waals surface area contributed by atoms with Gasteiger partial charge in [0.1, 0.15) is 6.10 Å². The van der Waals surface area contributed by atoms with Crippen molar-refractivity contribution in [1.29, 1.82) is 0 Å². The van der Waals surface area contributed by atoms with Gasteiger partial charge in [0.15, 0.2) is 0 Å². The second-order valence-corrected chi connectivity index (χ2v) is 6.41. The summed E-state index contributed by atoms with van der Waals surface area (Å²) in [6, 6.07) is 6.47. The molecule has 1 aromatic carbocycles. The normalized spacial score (nSPS) is 15.4. The second-order valence-electron chi connectivity index (χ2n) is 6.41. The van der Waals surface area contributed by atoms with Gasteiger partial charge in [0.25, 0.3) is 11.8 Å². The average Bonchev–Trinajstić information content (AvgIpc) is 3.13. The average molecular weight is 362 g/mol. The van der Waals surface area contributed by atoms with E-state index < -0.39 is 12.1 Å². The van der Waals surface area contributed by atoms with Gasteiger partial charge < -0.3 is 20.5 Å². The third kappa shape index (κ3) is 6.15. The van der Waals surface area contributed by atoms with E-state index in [-0.39, 0.29) is 30.9 Å². The Balaban J connectivity index is 1.85. The molecule has 1 aromatic rings. The minimum absolute atomic E-state index is 0.0728. The summed E-state index contributed by atoms with van der Waals surface area (Å²) in [5, 5.41) is 13.9. The molecular weight excluding hydrogens is 336 g/mol. The Morgan fingerprint density at radius 2 is 1.85 bits per heavy atom. The van der Waals surface area contributed by atoms with Crippen LogP contribution in [0.3, 0.4) is 0 Å². The number of ether oxygens (including phenoxy) is 1. The van der Waals surface area contributed by atoms with Crippen LogP contribution in [-0.4, -0.2) is 41.6 Å². The van der Waals surface area contributed by atoms with Gasteiger partial charge in [0.2, 0.25) is 0 Å². The highest BCUT2D eigenvalue weighted by Gasteiger charge is 2.24. The molecular formula is C19H26N2O5. The van der Waals surface area contributed by atoms with Crippen LogP contribution in [-0.2, 0) is 14.3 Å². The number of carboxylic acid groups (broad SMARTS) is 1. The van der Waals surface area contributed by atoms with Gasteiger partial charge in [-0.1, -0.05) is 19.8 Å². The van der Waals surface area contributed by atoms with Crippen LogP contribution < -0.4 is 10.6 Å². The summed E-state index contributed by atoms with van der Waals surface area (Å²) < 4.78 is 5.90. The SMILES string of the molecule is CCC(OC1CCCC1)C(=O)Nc1ccc(C(=O)NCCC(=O)O)cc1. The molecule has 142 valence electrons. The number of anilines is 1. The lowest BCUT2D eigenvalue weighted by molar-refractivity contribution is -0.136. The first-order valence-electron chi connectivity index (χ1n) is 9.06. The number of carbonyl (C=O) groups excluding carboxylic acids is 2. The third-order valence-corrected chi connectivity index (χ3v) is 4.36. The first kappa shape index (κ1) is 19.9. The highest BCUT2D eigenvalue weighted by Crippen LogP contribution is 2.23. The first-order chi connectivity index (χ1) is 12.5. The molecule has 1 aliphatic rings.